The van der Waals surface area contributed by atoms with E-state index in [1.165, 1.54) is 6.92 Å². The van der Waals surface area contributed by atoms with E-state index in [1.807, 2.05) is 30.3 Å². The average molecular weight is 205 g/mol. The van der Waals surface area contributed by atoms with Gasteiger partial charge >= 0.3 is 5.97 Å². The standard InChI is InChI=1S/C11H11NO3/c1-7(13)15-11-9(10(14)12-11)8-5-3-2-4-6-8/h2-6,9,11H,1H3,(H,12,14)/t9-,11-/m0/s1. The lowest BCUT2D eigenvalue weighted by Gasteiger charge is -2.35. The average Bonchev–Trinajstić information content (AvgIpc) is 2.17. The van der Waals surface area contributed by atoms with E-state index in [0.29, 0.717) is 0 Å². The van der Waals surface area contributed by atoms with Gasteiger partial charge in [-0.2, -0.15) is 0 Å². The molecule has 0 aromatic heterocycles. The third-order valence-electron chi connectivity index (χ3n) is 2.32. The second-order valence-corrected chi connectivity index (χ2v) is 3.43. The zero-order chi connectivity index (χ0) is 10.8. The Morgan fingerprint density at radius 2 is 2.00 bits per heavy atom. The van der Waals surface area contributed by atoms with Gasteiger partial charge in [0.05, 0.1) is 0 Å². The molecule has 78 valence electrons. The molecule has 2 atom stereocenters. The van der Waals surface area contributed by atoms with Gasteiger partial charge in [-0.25, -0.2) is 0 Å². The Bertz CT molecular complexity index is 388. The van der Waals surface area contributed by atoms with E-state index < -0.39 is 6.23 Å². The van der Waals surface area contributed by atoms with Gasteiger partial charge in [-0.05, 0) is 5.56 Å². The first-order chi connectivity index (χ1) is 7.18. The van der Waals surface area contributed by atoms with Gasteiger partial charge in [-0.1, -0.05) is 30.3 Å². The van der Waals surface area contributed by atoms with Gasteiger partial charge in [0.2, 0.25) is 5.91 Å². The summed E-state index contributed by atoms with van der Waals surface area (Å²) in [6.07, 6.45) is -0.516. The number of β-lactam (4-membered cyclic amide) rings is 1. The maximum atomic E-state index is 11.3. The first-order valence-electron chi connectivity index (χ1n) is 4.71. The predicted octanol–water partition coefficient (Wildman–Crippen LogP) is 0.789. The fourth-order valence-corrected chi connectivity index (χ4v) is 1.62. The largest absolute Gasteiger partial charge is 0.441 e. The number of nitrogens with one attached hydrogen (secondary N) is 1. The lowest BCUT2D eigenvalue weighted by molar-refractivity contribution is -0.161. The molecule has 1 heterocycles. The number of hydrogen-bond acceptors (Lipinski definition) is 3. The normalized spacial score (nSPS) is 23.9. The van der Waals surface area contributed by atoms with Crippen LogP contribution in [0.1, 0.15) is 18.4 Å². The summed E-state index contributed by atoms with van der Waals surface area (Å²) in [7, 11) is 0. The summed E-state index contributed by atoms with van der Waals surface area (Å²) in [4.78, 5) is 22.1. The summed E-state index contributed by atoms with van der Waals surface area (Å²) < 4.78 is 4.95. The van der Waals surface area contributed by atoms with Crippen molar-refractivity contribution in [2.24, 2.45) is 0 Å². The van der Waals surface area contributed by atoms with Gasteiger partial charge < -0.3 is 10.1 Å². The first kappa shape index (κ1) is 9.71. The van der Waals surface area contributed by atoms with Crippen LogP contribution in [0.5, 0.6) is 0 Å². The Morgan fingerprint density at radius 3 is 2.53 bits per heavy atom. The van der Waals surface area contributed by atoms with Crippen molar-refractivity contribution in [2.75, 3.05) is 0 Å². The van der Waals surface area contributed by atoms with Crippen LogP contribution in [-0.4, -0.2) is 18.1 Å². The van der Waals surface area contributed by atoms with Crippen molar-refractivity contribution in [2.45, 2.75) is 19.1 Å². The minimum atomic E-state index is -0.516. The van der Waals surface area contributed by atoms with E-state index in [2.05, 4.69) is 5.32 Å². The number of carbonyl (C=O) groups excluding carboxylic acids is 2. The molecule has 4 nitrogen and oxygen atoms in total. The third kappa shape index (κ3) is 1.83. The van der Waals surface area contributed by atoms with Crippen LogP contribution in [0, 0.1) is 0 Å². The highest BCUT2D eigenvalue weighted by Crippen LogP contribution is 2.27. The summed E-state index contributed by atoms with van der Waals surface area (Å²) in [5.41, 5.74) is 0.868. The zero-order valence-electron chi connectivity index (χ0n) is 8.27. The maximum Gasteiger partial charge on any atom is 0.304 e. The molecule has 2 rings (SSSR count). The fraction of sp³-hybridized carbons (Fsp3) is 0.273. The monoisotopic (exact) mass is 205 g/mol. The molecule has 0 spiro atoms. The quantitative estimate of drug-likeness (QED) is 0.573. The summed E-state index contributed by atoms with van der Waals surface area (Å²) in [6.45, 7) is 1.33. The molecule has 0 saturated carbocycles. The highest BCUT2D eigenvalue weighted by Gasteiger charge is 2.42. The molecule has 1 saturated heterocycles. The van der Waals surface area contributed by atoms with Crippen LogP contribution in [0.2, 0.25) is 0 Å². The van der Waals surface area contributed by atoms with Crippen molar-refractivity contribution in [3.05, 3.63) is 35.9 Å². The Labute approximate surface area is 87.2 Å². The Balaban J connectivity index is 2.14. The molecule has 1 N–H and O–H groups in total. The summed E-state index contributed by atoms with van der Waals surface area (Å²) in [5.74, 6) is -0.858. The van der Waals surface area contributed by atoms with E-state index in [-0.39, 0.29) is 17.8 Å². The van der Waals surface area contributed by atoms with Crippen LogP contribution >= 0.6 is 0 Å². The summed E-state index contributed by atoms with van der Waals surface area (Å²) in [6, 6.07) is 9.28. The second-order valence-electron chi connectivity index (χ2n) is 3.43. The second kappa shape index (κ2) is 3.73. The van der Waals surface area contributed by atoms with Crippen LogP contribution in [0.15, 0.2) is 30.3 Å². The van der Waals surface area contributed by atoms with E-state index >= 15 is 0 Å². The highest BCUT2D eigenvalue weighted by molar-refractivity contribution is 5.91. The van der Waals surface area contributed by atoms with Crippen molar-refractivity contribution < 1.29 is 14.3 Å². The van der Waals surface area contributed by atoms with Crippen molar-refractivity contribution in [1.82, 2.24) is 5.32 Å². The molecule has 1 aliphatic rings. The number of ether oxygens (including phenoxy) is 1. The molecule has 15 heavy (non-hydrogen) atoms. The SMILES string of the molecule is CC(=O)O[C@@H]1NC(=O)[C@@H]1c1ccccc1. The first-order valence-corrected chi connectivity index (χ1v) is 4.71. The number of esters is 1. The van der Waals surface area contributed by atoms with Crippen LogP contribution < -0.4 is 5.32 Å². The minimum absolute atomic E-state index is 0.104. The third-order valence-corrected chi connectivity index (χ3v) is 2.32. The number of hydrogen-bond donors (Lipinski definition) is 1. The molecule has 0 radical (unpaired) electrons. The molecule has 0 aliphatic carbocycles. The molecule has 0 unspecified atom stereocenters. The lowest BCUT2D eigenvalue weighted by Crippen LogP contribution is -2.58. The van der Waals surface area contributed by atoms with Gasteiger partial charge in [-0.3, -0.25) is 9.59 Å². The molecule has 1 aliphatic heterocycles. The van der Waals surface area contributed by atoms with Gasteiger partial charge in [0.15, 0.2) is 6.23 Å². The van der Waals surface area contributed by atoms with Crippen LogP contribution in [-0.2, 0) is 14.3 Å². The molecule has 0 bridgehead atoms. The smallest absolute Gasteiger partial charge is 0.304 e. The van der Waals surface area contributed by atoms with Gasteiger partial charge in [0.1, 0.15) is 5.92 Å². The number of rotatable bonds is 2. The van der Waals surface area contributed by atoms with Crippen LogP contribution in [0.25, 0.3) is 0 Å². The highest BCUT2D eigenvalue weighted by atomic mass is 16.6. The van der Waals surface area contributed by atoms with Crippen molar-refractivity contribution >= 4 is 11.9 Å². The molecular formula is C11H11NO3. The Morgan fingerprint density at radius 1 is 1.33 bits per heavy atom. The van der Waals surface area contributed by atoms with Crippen LogP contribution in [0.3, 0.4) is 0 Å². The Kier molecular flexibility index (Phi) is 2.41. The Hall–Kier alpha value is -1.84. The zero-order valence-corrected chi connectivity index (χ0v) is 8.27. The molecular weight excluding hydrogens is 194 g/mol. The molecule has 1 fully saturated rings. The number of amides is 1. The molecule has 1 amide bonds. The van der Waals surface area contributed by atoms with Gasteiger partial charge in [-0.15, -0.1) is 0 Å². The van der Waals surface area contributed by atoms with Gasteiger partial charge in [0, 0.05) is 6.92 Å². The predicted molar refractivity (Wildman–Crippen MR) is 52.9 cm³/mol. The van der Waals surface area contributed by atoms with Crippen molar-refractivity contribution in [3.8, 4) is 0 Å². The van der Waals surface area contributed by atoms with E-state index in [9.17, 15) is 9.59 Å². The number of carbonyl (C=O) groups is 2. The molecule has 1 aromatic carbocycles. The van der Waals surface area contributed by atoms with Crippen molar-refractivity contribution in [1.29, 1.82) is 0 Å². The van der Waals surface area contributed by atoms with E-state index in [4.69, 9.17) is 4.74 Å². The maximum absolute atomic E-state index is 11.3. The fourth-order valence-electron chi connectivity index (χ4n) is 1.62. The molecule has 4 heteroatoms. The number of benzene rings is 1. The van der Waals surface area contributed by atoms with Crippen molar-refractivity contribution in [3.63, 3.8) is 0 Å². The molecule has 1 aromatic rings. The lowest BCUT2D eigenvalue weighted by atomic mass is 9.90. The minimum Gasteiger partial charge on any atom is -0.441 e. The topological polar surface area (TPSA) is 55.4 Å². The van der Waals surface area contributed by atoms with Crippen LogP contribution in [0.4, 0.5) is 0 Å². The summed E-state index contributed by atoms with van der Waals surface area (Å²) in [5, 5.41) is 2.54. The van der Waals surface area contributed by atoms with E-state index in [0.717, 1.165) is 5.56 Å². The van der Waals surface area contributed by atoms with Gasteiger partial charge in [0.25, 0.3) is 0 Å². The summed E-state index contributed by atoms with van der Waals surface area (Å²) >= 11 is 0. The van der Waals surface area contributed by atoms with E-state index in [1.54, 1.807) is 0 Å².